The van der Waals surface area contributed by atoms with Gasteiger partial charge in [-0.3, -0.25) is 0 Å². The first kappa shape index (κ1) is 8.03. The quantitative estimate of drug-likeness (QED) is 0.518. The van der Waals surface area contributed by atoms with Gasteiger partial charge in [0.05, 0.1) is 0 Å². The summed E-state index contributed by atoms with van der Waals surface area (Å²) in [7, 11) is 0. The summed E-state index contributed by atoms with van der Waals surface area (Å²) in [6.45, 7) is 1.63. The number of ketones is 1. The number of carbonyl (C=O) groups is 1. The SMILES string of the molecule is CC(=O)c1ccc2c(c1)CC[Se]2. The average Bonchev–Trinajstić information content (AvgIpc) is 2.49. The fraction of sp³-hybridized carbons (Fsp3) is 0.300. The maximum absolute atomic E-state index is 11.1. The van der Waals surface area contributed by atoms with Crippen molar-refractivity contribution in [2.45, 2.75) is 18.7 Å². The molecule has 62 valence electrons. The minimum absolute atomic E-state index is 0.178. The molecular formula is C10H10OSe. The fourth-order valence-corrected chi connectivity index (χ4v) is 3.61. The van der Waals surface area contributed by atoms with Crippen molar-refractivity contribution in [2.75, 3.05) is 0 Å². The van der Waals surface area contributed by atoms with Gasteiger partial charge in [-0.25, -0.2) is 0 Å². The number of hydrogen-bond acceptors (Lipinski definition) is 1. The predicted octanol–water partition coefficient (Wildman–Crippen LogP) is 1.19. The molecule has 1 nitrogen and oxygen atoms in total. The molecule has 12 heavy (non-hydrogen) atoms. The minimum atomic E-state index is 0.178. The van der Waals surface area contributed by atoms with Crippen LogP contribution in [0.15, 0.2) is 18.2 Å². The van der Waals surface area contributed by atoms with Crippen LogP contribution in [-0.4, -0.2) is 20.7 Å². The molecule has 0 N–H and O–H groups in total. The number of Topliss-reactive ketones (excluding diaryl/α,β-unsaturated/α-hetero) is 1. The third-order valence-electron chi connectivity index (χ3n) is 2.10. The van der Waals surface area contributed by atoms with E-state index in [0.717, 1.165) is 5.56 Å². The van der Waals surface area contributed by atoms with Crippen molar-refractivity contribution < 1.29 is 4.79 Å². The van der Waals surface area contributed by atoms with Gasteiger partial charge in [-0.2, -0.15) is 0 Å². The second kappa shape index (κ2) is 3.04. The molecule has 0 aromatic heterocycles. The zero-order valence-electron chi connectivity index (χ0n) is 6.96. The molecule has 1 aromatic carbocycles. The van der Waals surface area contributed by atoms with E-state index in [1.54, 1.807) is 6.92 Å². The Morgan fingerprint density at radius 1 is 1.50 bits per heavy atom. The summed E-state index contributed by atoms with van der Waals surface area (Å²) in [5.41, 5.74) is 2.27. The number of benzene rings is 1. The van der Waals surface area contributed by atoms with Crippen LogP contribution in [0.5, 0.6) is 0 Å². The molecule has 0 spiro atoms. The molecule has 1 heterocycles. The molecule has 0 bridgehead atoms. The molecule has 0 radical (unpaired) electrons. The third kappa shape index (κ3) is 1.33. The Balaban J connectivity index is 2.45. The van der Waals surface area contributed by atoms with Crippen LogP contribution in [0.25, 0.3) is 0 Å². The van der Waals surface area contributed by atoms with Gasteiger partial charge >= 0.3 is 78.0 Å². The Morgan fingerprint density at radius 3 is 3.08 bits per heavy atom. The second-order valence-electron chi connectivity index (χ2n) is 2.98. The molecule has 1 aromatic rings. The summed E-state index contributed by atoms with van der Waals surface area (Å²) in [5.74, 6) is 0.178. The van der Waals surface area contributed by atoms with Crippen molar-refractivity contribution in [1.82, 2.24) is 0 Å². The second-order valence-corrected chi connectivity index (χ2v) is 5.36. The van der Waals surface area contributed by atoms with E-state index in [-0.39, 0.29) is 5.78 Å². The normalized spacial score (nSPS) is 14.4. The van der Waals surface area contributed by atoms with E-state index < -0.39 is 0 Å². The van der Waals surface area contributed by atoms with E-state index in [4.69, 9.17) is 0 Å². The first-order chi connectivity index (χ1) is 5.77. The van der Waals surface area contributed by atoms with Gasteiger partial charge in [0.1, 0.15) is 0 Å². The summed E-state index contributed by atoms with van der Waals surface area (Å²) in [6.07, 6.45) is 1.18. The molecule has 0 atom stereocenters. The Bertz CT molecular complexity index is 331. The third-order valence-corrected chi connectivity index (χ3v) is 4.44. The average molecular weight is 225 g/mol. The Kier molecular flexibility index (Phi) is 2.03. The van der Waals surface area contributed by atoms with Crippen LogP contribution >= 0.6 is 0 Å². The van der Waals surface area contributed by atoms with Crippen molar-refractivity contribution >= 4 is 25.2 Å². The first-order valence-electron chi connectivity index (χ1n) is 4.04. The van der Waals surface area contributed by atoms with Crippen LogP contribution in [0, 0.1) is 0 Å². The van der Waals surface area contributed by atoms with Crippen LogP contribution in [0.2, 0.25) is 5.32 Å². The van der Waals surface area contributed by atoms with Gasteiger partial charge in [-0.05, 0) is 0 Å². The van der Waals surface area contributed by atoms with Crippen LogP contribution in [0.4, 0.5) is 0 Å². The number of rotatable bonds is 1. The number of aryl methyl sites for hydroxylation is 1. The molecule has 2 rings (SSSR count). The van der Waals surface area contributed by atoms with Gasteiger partial charge in [0.2, 0.25) is 0 Å². The molecule has 0 aliphatic carbocycles. The molecule has 0 amide bonds. The van der Waals surface area contributed by atoms with Crippen LogP contribution in [0.1, 0.15) is 22.8 Å². The monoisotopic (exact) mass is 226 g/mol. The zero-order chi connectivity index (χ0) is 8.55. The van der Waals surface area contributed by atoms with Crippen molar-refractivity contribution in [3.63, 3.8) is 0 Å². The Labute approximate surface area is 78.3 Å². The van der Waals surface area contributed by atoms with Gasteiger partial charge in [-0.1, -0.05) is 0 Å². The molecule has 2 heteroatoms. The van der Waals surface area contributed by atoms with E-state index in [1.165, 1.54) is 21.8 Å². The standard InChI is InChI=1S/C10H10OSe/c1-7(11)8-2-3-10-9(6-8)4-5-12-10/h2-3,6H,4-5H2,1H3. The number of fused-ring (bicyclic) bond motifs is 1. The Hall–Kier alpha value is -0.591. The fourth-order valence-electron chi connectivity index (χ4n) is 1.41. The number of carbonyl (C=O) groups excluding carboxylic acids is 1. The maximum atomic E-state index is 11.1. The van der Waals surface area contributed by atoms with Crippen molar-refractivity contribution in [3.05, 3.63) is 29.3 Å². The summed E-state index contributed by atoms with van der Waals surface area (Å²) in [4.78, 5) is 11.1. The van der Waals surface area contributed by atoms with E-state index in [2.05, 4.69) is 12.1 Å². The van der Waals surface area contributed by atoms with Crippen molar-refractivity contribution in [3.8, 4) is 0 Å². The van der Waals surface area contributed by atoms with Crippen molar-refractivity contribution in [2.24, 2.45) is 0 Å². The Morgan fingerprint density at radius 2 is 2.33 bits per heavy atom. The molecular weight excluding hydrogens is 215 g/mol. The van der Waals surface area contributed by atoms with E-state index in [9.17, 15) is 4.79 Å². The van der Waals surface area contributed by atoms with Crippen molar-refractivity contribution in [1.29, 1.82) is 0 Å². The van der Waals surface area contributed by atoms with E-state index in [1.807, 2.05) is 6.07 Å². The number of hydrogen-bond donors (Lipinski definition) is 0. The topological polar surface area (TPSA) is 17.1 Å². The first-order valence-corrected chi connectivity index (χ1v) is 6.11. The molecule has 0 fully saturated rings. The van der Waals surface area contributed by atoms with Gasteiger partial charge < -0.3 is 0 Å². The molecule has 1 aliphatic rings. The predicted molar refractivity (Wildman–Crippen MR) is 50.3 cm³/mol. The van der Waals surface area contributed by atoms with Gasteiger partial charge in [0, 0.05) is 0 Å². The van der Waals surface area contributed by atoms with Gasteiger partial charge in [0.15, 0.2) is 0 Å². The van der Waals surface area contributed by atoms with Crippen LogP contribution < -0.4 is 4.46 Å². The molecule has 0 unspecified atom stereocenters. The van der Waals surface area contributed by atoms with Gasteiger partial charge in [0.25, 0.3) is 0 Å². The summed E-state index contributed by atoms with van der Waals surface area (Å²) in [6, 6.07) is 6.14. The van der Waals surface area contributed by atoms with Crippen LogP contribution in [-0.2, 0) is 6.42 Å². The van der Waals surface area contributed by atoms with Gasteiger partial charge in [-0.15, -0.1) is 0 Å². The summed E-state index contributed by atoms with van der Waals surface area (Å²) < 4.78 is 1.49. The summed E-state index contributed by atoms with van der Waals surface area (Å²) in [5, 5.41) is 1.31. The molecule has 1 aliphatic heterocycles. The van der Waals surface area contributed by atoms with E-state index >= 15 is 0 Å². The molecule has 0 saturated heterocycles. The zero-order valence-corrected chi connectivity index (χ0v) is 8.68. The summed E-state index contributed by atoms with van der Waals surface area (Å²) >= 11 is 0.671. The molecule has 0 saturated carbocycles. The van der Waals surface area contributed by atoms with E-state index in [0.29, 0.717) is 15.0 Å². The van der Waals surface area contributed by atoms with Crippen LogP contribution in [0.3, 0.4) is 0 Å².